The second-order valence-electron chi connectivity index (χ2n) is 16.5. The fraction of sp³-hybridized carbons (Fsp3) is 0.896. The number of carbonyl (C=O) groups excluding carboxylic acids is 5. The van der Waals surface area contributed by atoms with E-state index < -0.39 is 11.9 Å². The fourth-order valence-electron chi connectivity index (χ4n) is 6.71. The smallest absolute Gasteiger partial charge is 0.305 e. The second kappa shape index (κ2) is 43.9. The molecule has 0 aliphatic carbocycles. The van der Waals surface area contributed by atoms with E-state index in [1.807, 2.05) is 0 Å². The SMILES string of the molecule is CCCCCCCCCCCCCCCCCC(=O)OCC(COC(=O)CCCCBr)COC(=O)CCCC(COC(=O)CCCCC)COC(=O)CCCCCCC. The first-order chi connectivity index (χ1) is 28.7. The molecule has 0 saturated heterocycles. The molecule has 0 aromatic carbocycles. The van der Waals surface area contributed by atoms with Gasteiger partial charge in [0, 0.05) is 43.4 Å². The molecule has 11 heteroatoms. The van der Waals surface area contributed by atoms with Crippen LogP contribution in [0.25, 0.3) is 0 Å². The number of alkyl halides is 1. The maximum Gasteiger partial charge on any atom is 0.305 e. The van der Waals surface area contributed by atoms with Gasteiger partial charge in [0.15, 0.2) is 0 Å². The van der Waals surface area contributed by atoms with Crippen LogP contribution in [0.5, 0.6) is 0 Å². The highest BCUT2D eigenvalue weighted by atomic mass is 79.9. The maximum absolute atomic E-state index is 12.8. The van der Waals surface area contributed by atoms with Crippen molar-refractivity contribution in [2.45, 2.75) is 226 Å². The lowest BCUT2D eigenvalue weighted by molar-refractivity contribution is -0.155. The van der Waals surface area contributed by atoms with Crippen molar-refractivity contribution in [3.63, 3.8) is 0 Å². The molecule has 0 spiro atoms. The molecule has 2 unspecified atom stereocenters. The zero-order chi connectivity index (χ0) is 43.4. The van der Waals surface area contributed by atoms with Crippen LogP contribution in [0.2, 0.25) is 0 Å². The molecule has 0 fully saturated rings. The van der Waals surface area contributed by atoms with Crippen molar-refractivity contribution >= 4 is 45.8 Å². The van der Waals surface area contributed by atoms with Crippen molar-refractivity contribution in [1.29, 1.82) is 0 Å². The van der Waals surface area contributed by atoms with Gasteiger partial charge in [-0.2, -0.15) is 0 Å². The zero-order valence-corrected chi connectivity index (χ0v) is 39.6. The summed E-state index contributed by atoms with van der Waals surface area (Å²) in [4.78, 5) is 62.3. The lowest BCUT2D eigenvalue weighted by Gasteiger charge is -2.19. The predicted molar refractivity (Wildman–Crippen MR) is 240 cm³/mol. The Bertz CT molecular complexity index is 1020. The standard InChI is InChI=1S/C48H87BrO10/c1-4-7-10-12-13-14-15-16-17-18-19-20-21-23-26-33-46(52)57-39-43(40-58-47(53)34-27-28-36-49)41-59-48(54)35-29-30-42(37-55-44(50)31-24-9-6-3)38-56-45(51)32-25-22-11-8-5-2/h42-43H,4-41H2,1-3H3. The minimum atomic E-state index is -0.481. The van der Waals surface area contributed by atoms with E-state index in [1.165, 1.54) is 77.0 Å². The molecule has 2 atom stereocenters. The van der Waals surface area contributed by atoms with Crippen LogP contribution in [-0.2, 0) is 47.7 Å². The third-order valence-corrected chi connectivity index (χ3v) is 11.2. The van der Waals surface area contributed by atoms with Gasteiger partial charge >= 0.3 is 29.8 Å². The van der Waals surface area contributed by atoms with Crippen LogP contribution in [0.3, 0.4) is 0 Å². The highest BCUT2D eigenvalue weighted by Crippen LogP contribution is 2.16. The molecule has 0 saturated carbocycles. The molecule has 0 bridgehead atoms. The van der Waals surface area contributed by atoms with Crippen molar-refractivity contribution in [2.24, 2.45) is 11.8 Å². The molecule has 0 heterocycles. The van der Waals surface area contributed by atoms with Gasteiger partial charge in [-0.15, -0.1) is 0 Å². The summed E-state index contributed by atoms with van der Waals surface area (Å²) >= 11 is 3.37. The third-order valence-electron chi connectivity index (χ3n) is 10.6. The molecule has 0 aliphatic heterocycles. The van der Waals surface area contributed by atoms with Gasteiger partial charge in [0.25, 0.3) is 0 Å². The molecular weight excluding hydrogens is 816 g/mol. The van der Waals surface area contributed by atoms with Crippen molar-refractivity contribution in [2.75, 3.05) is 38.4 Å². The van der Waals surface area contributed by atoms with Crippen molar-refractivity contribution in [3.05, 3.63) is 0 Å². The summed E-state index contributed by atoms with van der Waals surface area (Å²) in [7, 11) is 0. The Morgan fingerprint density at radius 1 is 0.322 bits per heavy atom. The van der Waals surface area contributed by atoms with E-state index in [9.17, 15) is 24.0 Å². The van der Waals surface area contributed by atoms with E-state index in [4.69, 9.17) is 23.7 Å². The van der Waals surface area contributed by atoms with Gasteiger partial charge < -0.3 is 23.7 Å². The summed E-state index contributed by atoms with van der Waals surface area (Å²) in [6.07, 6.45) is 30.7. The monoisotopic (exact) mass is 903 g/mol. The molecule has 0 aromatic rings. The first-order valence-corrected chi connectivity index (χ1v) is 25.2. The quantitative estimate of drug-likeness (QED) is 0.0252. The van der Waals surface area contributed by atoms with Gasteiger partial charge in [0.05, 0.1) is 19.1 Å². The first-order valence-electron chi connectivity index (χ1n) is 24.1. The number of carbonyl (C=O) groups is 5. The van der Waals surface area contributed by atoms with Crippen LogP contribution in [0.4, 0.5) is 0 Å². The minimum Gasteiger partial charge on any atom is -0.465 e. The molecule has 0 rings (SSSR count). The van der Waals surface area contributed by atoms with Crippen LogP contribution >= 0.6 is 15.9 Å². The number of hydrogen-bond acceptors (Lipinski definition) is 10. The molecular formula is C48H87BrO10. The van der Waals surface area contributed by atoms with E-state index in [-0.39, 0.29) is 69.3 Å². The molecule has 0 radical (unpaired) electrons. The summed E-state index contributed by atoms with van der Waals surface area (Å²) in [5, 5.41) is 0.809. The Labute approximate surface area is 368 Å². The molecule has 0 amide bonds. The van der Waals surface area contributed by atoms with Crippen LogP contribution in [0.15, 0.2) is 0 Å². The van der Waals surface area contributed by atoms with Crippen LogP contribution in [0, 0.1) is 11.8 Å². The third kappa shape index (κ3) is 41.0. The van der Waals surface area contributed by atoms with Gasteiger partial charge in [0.2, 0.25) is 0 Å². The van der Waals surface area contributed by atoms with E-state index in [0.29, 0.717) is 44.9 Å². The van der Waals surface area contributed by atoms with Gasteiger partial charge in [-0.05, 0) is 44.9 Å². The fourth-order valence-corrected chi connectivity index (χ4v) is 7.10. The van der Waals surface area contributed by atoms with Crippen LogP contribution in [-0.4, -0.2) is 68.2 Å². The van der Waals surface area contributed by atoms with E-state index in [0.717, 1.165) is 82.4 Å². The lowest BCUT2D eigenvalue weighted by atomic mass is 10.0. The van der Waals surface area contributed by atoms with E-state index in [2.05, 4.69) is 36.7 Å². The first kappa shape index (κ1) is 56.8. The largest absolute Gasteiger partial charge is 0.465 e. The topological polar surface area (TPSA) is 132 Å². The summed E-state index contributed by atoms with van der Waals surface area (Å²) in [6.45, 7) is 6.67. The minimum absolute atomic E-state index is 0.00476. The van der Waals surface area contributed by atoms with Gasteiger partial charge in [-0.1, -0.05) is 165 Å². The Morgan fingerprint density at radius 2 is 0.559 bits per heavy atom. The van der Waals surface area contributed by atoms with E-state index >= 15 is 0 Å². The van der Waals surface area contributed by atoms with Gasteiger partial charge in [0.1, 0.15) is 19.8 Å². The van der Waals surface area contributed by atoms with Crippen LogP contribution in [0.1, 0.15) is 226 Å². The second-order valence-corrected chi connectivity index (χ2v) is 17.3. The molecule has 59 heavy (non-hydrogen) atoms. The van der Waals surface area contributed by atoms with Crippen molar-refractivity contribution < 1.29 is 47.7 Å². The Kier molecular flexibility index (Phi) is 42.3. The Balaban J connectivity index is 4.71. The van der Waals surface area contributed by atoms with E-state index in [1.54, 1.807) is 0 Å². The number of hydrogen-bond donors (Lipinski definition) is 0. The maximum atomic E-state index is 12.8. The number of rotatable bonds is 44. The summed E-state index contributed by atoms with van der Waals surface area (Å²) in [5.74, 6) is -2.30. The Hall–Kier alpha value is -2.17. The molecule has 0 N–H and O–H groups in total. The summed E-state index contributed by atoms with van der Waals surface area (Å²) in [6, 6.07) is 0. The van der Waals surface area contributed by atoms with Crippen molar-refractivity contribution in [3.8, 4) is 0 Å². The molecule has 346 valence electrons. The van der Waals surface area contributed by atoms with Gasteiger partial charge in [-0.25, -0.2) is 0 Å². The average Bonchev–Trinajstić information content (AvgIpc) is 3.22. The number of unbranched alkanes of at least 4 members (excludes halogenated alkanes) is 21. The highest BCUT2D eigenvalue weighted by Gasteiger charge is 2.20. The number of ether oxygens (including phenoxy) is 5. The summed E-state index contributed by atoms with van der Waals surface area (Å²) < 4.78 is 27.6. The number of halogens is 1. The molecule has 0 aliphatic rings. The molecule has 0 aromatic heterocycles. The van der Waals surface area contributed by atoms with Crippen LogP contribution < -0.4 is 0 Å². The average molecular weight is 904 g/mol. The predicted octanol–water partition coefficient (Wildman–Crippen LogP) is 12.9. The normalized spacial score (nSPS) is 12.1. The Morgan fingerprint density at radius 3 is 0.881 bits per heavy atom. The number of esters is 5. The van der Waals surface area contributed by atoms with Gasteiger partial charge in [-0.3, -0.25) is 24.0 Å². The lowest BCUT2D eigenvalue weighted by Crippen LogP contribution is -2.26. The zero-order valence-electron chi connectivity index (χ0n) is 38.0. The highest BCUT2D eigenvalue weighted by molar-refractivity contribution is 9.09. The molecule has 10 nitrogen and oxygen atoms in total. The van der Waals surface area contributed by atoms with Crippen molar-refractivity contribution in [1.82, 2.24) is 0 Å². The summed E-state index contributed by atoms with van der Waals surface area (Å²) in [5.41, 5.74) is 0.